The molecule has 27 heavy (non-hydrogen) atoms. The van der Waals surface area contributed by atoms with Gasteiger partial charge in [0.1, 0.15) is 11.5 Å². The van der Waals surface area contributed by atoms with Gasteiger partial charge in [0.25, 0.3) is 11.8 Å². The summed E-state index contributed by atoms with van der Waals surface area (Å²) >= 11 is 0. The standard InChI is InChI=1S/C21H24N2O4/c1-14(2)12-23-18-10-9-16(11-19(18)27-15(3)21(23)25)22-20(24)13-26-17-7-5-4-6-8-17/h4-11,14-15H,12-13H2,1-3H3,(H,22,24). The van der Waals surface area contributed by atoms with Crippen LogP contribution >= 0.6 is 0 Å². The van der Waals surface area contributed by atoms with E-state index in [1.165, 1.54) is 0 Å². The van der Waals surface area contributed by atoms with E-state index in [0.29, 0.717) is 29.6 Å². The third-order valence-corrected chi connectivity index (χ3v) is 4.11. The van der Waals surface area contributed by atoms with Gasteiger partial charge in [0.05, 0.1) is 5.69 Å². The minimum absolute atomic E-state index is 0.0516. The zero-order chi connectivity index (χ0) is 19.4. The molecule has 1 unspecified atom stereocenters. The number of hydrogen-bond acceptors (Lipinski definition) is 4. The second-order valence-corrected chi connectivity index (χ2v) is 6.94. The van der Waals surface area contributed by atoms with E-state index in [2.05, 4.69) is 19.2 Å². The summed E-state index contributed by atoms with van der Waals surface area (Å²) in [5.41, 5.74) is 1.33. The number of ether oxygens (including phenoxy) is 2. The van der Waals surface area contributed by atoms with Gasteiger partial charge in [0.15, 0.2) is 12.7 Å². The number of nitrogens with one attached hydrogen (secondary N) is 1. The van der Waals surface area contributed by atoms with Gasteiger partial charge in [-0.2, -0.15) is 0 Å². The lowest BCUT2D eigenvalue weighted by atomic mass is 10.1. The molecular weight excluding hydrogens is 344 g/mol. The number of hydrogen-bond donors (Lipinski definition) is 1. The smallest absolute Gasteiger partial charge is 0.267 e. The highest BCUT2D eigenvalue weighted by atomic mass is 16.5. The van der Waals surface area contributed by atoms with Crippen LogP contribution in [0.3, 0.4) is 0 Å². The Morgan fingerprint density at radius 3 is 2.67 bits per heavy atom. The maximum absolute atomic E-state index is 12.4. The molecule has 0 radical (unpaired) electrons. The molecule has 6 heteroatoms. The summed E-state index contributed by atoms with van der Waals surface area (Å²) in [6, 6.07) is 14.5. The van der Waals surface area contributed by atoms with Crippen LogP contribution in [0.25, 0.3) is 0 Å². The van der Waals surface area contributed by atoms with Crippen molar-refractivity contribution in [3.8, 4) is 11.5 Å². The van der Waals surface area contributed by atoms with Crippen molar-refractivity contribution in [3.05, 3.63) is 48.5 Å². The van der Waals surface area contributed by atoms with E-state index in [-0.39, 0.29) is 18.4 Å². The summed E-state index contributed by atoms with van der Waals surface area (Å²) in [6.45, 7) is 6.40. The van der Waals surface area contributed by atoms with Crippen molar-refractivity contribution in [1.29, 1.82) is 0 Å². The zero-order valence-corrected chi connectivity index (χ0v) is 15.8. The van der Waals surface area contributed by atoms with E-state index >= 15 is 0 Å². The molecule has 3 rings (SSSR count). The van der Waals surface area contributed by atoms with Crippen molar-refractivity contribution in [2.75, 3.05) is 23.4 Å². The van der Waals surface area contributed by atoms with E-state index in [4.69, 9.17) is 9.47 Å². The van der Waals surface area contributed by atoms with E-state index < -0.39 is 6.10 Å². The Kier molecular flexibility index (Phi) is 5.64. The van der Waals surface area contributed by atoms with Crippen molar-refractivity contribution in [2.45, 2.75) is 26.9 Å². The van der Waals surface area contributed by atoms with Crippen molar-refractivity contribution in [1.82, 2.24) is 0 Å². The molecule has 0 saturated carbocycles. The normalized spacial score (nSPS) is 15.9. The first kappa shape index (κ1) is 18.8. The summed E-state index contributed by atoms with van der Waals surface area (Å²) in [6.07, 6.45) is -0.552. The van der Waals surface area contributed by atoms with Crippen molar-refractivity contribution in [3.63, 3.8) is 0 Å². The first-order valence-electron chi connectivity index (χ1n) is 9.04. The van der Waals surface area contributed by atoms with Crippen LogP contribution in [0.2, 0.25) is 0 Å². The molecule has 0 bridgehead atoms. The van der Waals surface area contributed by atoms with Crippen LogP contribution in [0.4, 0.5) is 11.4 Å². The monoisotopic (exact) mass is 368 g/mol. The van der Waals surface area contributed by atoms with Crippen LogP contribution < -0.4 is 19.7 Å². The molecule has 0 fully saturated rings. The molecule has 6 nitrogen and oxygen atoms in total. The molecule has 1 aliphatic heterocycles. The maximum atomic E-state index is 12.4. The highest BCUT2D eigenvalue weighted by molar-refractivity contribution is 6.00. The van der Waals surface area contributed by atoms with Crippen LogP contribution in [0.15, 0.2) is 48.5 Å². The van der Waals surface area contributed by atoms with Crippen LogP contribution in [0.1, 0.15) is 20.8 Å². The lowest BCUT2D eigenvalue weighted by molar-refractivity contribution is -0.125. The Balaban J connectivity index is 1.69. The lowest BCUT2D eigenvalue weighted by Crippen LogP contribution is -2.46. The van der Waals surface area contributed by atoms with E-state index in [9.17, 15) is 9.59 Å². The van der Waals surface area contributed by atoms with Crippen LogP contribution in [0, 0.1) is 5.92 Å². The SMILES string of the molecule is CC(C)CN1C(=O)C(C)Oc2cc(NC(=O)COc3ccccc3)ccc21. The molecule has 1 N–H and O–H groups in total. The number of para-hydroxylation sites is 1. The maximum Gasteiger partial charge on any atom is 0.267 e. The van der Waals surface area contributed by atoms with Crippen molar-refractivity contribution >= 4 is 23.2 Å². The fraction of sp³-hybridized carbons (Fsp3) is 0.333. The van der Waals surface area contributed by atoms with Gasteiger partial charge in [-0.05, 0) is 37.1 Å². The minimum Gasteiger partial charge on any atom is -0.484 e. The number of carbonyl (C=O) groups is 2. The van der Waals surface area contributed by atoms with Gasteiger partial charge in [-0.1, -0.05) is 32.0 Å². The van der Waals surface area contributed by atoms with Gasteiger partial charge in [-0.25, -0.2) is 0 Å². The number of carbonyl (C=O) groups excluding carboxylic acids is 2. The van der Waals surface area contributed by atoms with Gasteiger partial charge < -0.3 is 19.7 Å². The topological polar surface area (TPSA) is 67.9 Å². The third kappa shape index (κ3) is 4.58. The van der Waals surface area contributed by atoms with Gasteiger partial charge in [0, 0.05) is 18.3 Å². The first-order valence-corrected chi connectivity index (χ1v) is 9.04. The molecule has 0 aromatic heterocycles. The molecule has 0 aliphatic carbocycles. The highest BCUT2D eigenvalue weighted by Crippen LogP contribution is 2.36. The molecule has 1 heterocycles. The second kappa shape index (κ2) is 8.12. The van der Waals surface area contributed by atoms with Gasteiger partial charge >= 0.3 is 0 Å². The number of amides is 2. The molecule has 2 aromatic carbocycles. The Morgan fingerprint density at radius 2 is 1.96 bits per heavy atom. The van der Waals surface area contributed by atoms with Gasteiger partial charge in [0.2, 0.25) is 0 Å². The molecule has 0 saturated heterocycles. The van der Waals surface area contributed by atoms with E-state index in [1.807, 2.05) is 18.2 Å². The predicted molar refractivity (Wildman–Crippen MR) is 104 cm³/mol. The predicted octanol–water partition coefficient (Wildman–Crippen LogP) is 3.47. The number of rotatable bonds is 6. The average molecular weight is 368 g/mol. The summed E-state index contributed by atoms with van der Waals surface area (Å²) in [7, 11) is 0. The molecule has 0 spiro atoms. The number of benzene rings is 2. The third-order valence-electron chi connectivity index (χ3n) is 4.11. The van der Waals surface area contributed by atoms with E-state index in [1.54, 1.807) is 42.2 Å². The van der Waals surface area contributed by atoms with Crippen LogP contribution in [-0.4, -0.2) is 31.1 Å². The molecule has 1 atom stereocenters. The summed E-state index contributed by atoms with van der Waals surface area (Å²) < 4.78 is 11.2. The highest BCUT2D eigenvalue weighted by Gasteiger charge is 2.31. The number of nitrogens with zero attached hydrogens (tertiary/aromatic N) is 1. The van der Waals surface area contributed by atoms with Gasteiger partial charge in [-0.3, -0.25) is 9.59 Å². The molecule has 142 valence electrons. The summed E-state index contributed by atoms with van der Waals surface area (Å²) in [5.74, 6) is 1.24. The Hall–Kier alpha value is -3.02. The molecule has 2 aromatic rings. The number of fused-ring (bicyclic) bond motifs is 1. The zero-order valence-electron chi connectivity index (χ0n) is 15.8. The first-order chi connectivity index (χ1) is 12.9. The van der Waals surface area contributed by atoms with Crippen molar-refractivity contribution in [2.24, 2.45) is 5.92 Å². The quantitative estimate of drug-likeness (QED) is 0.848. The van der Waals surface area contributed by atoms with Crippen molar-refractivity contribution < 1.29 is 19.1 Å². The average Bonchev–Trinajstić information content (AvgIpc) is 2.64. The van der Waals surface area contributed by atoms with E-state index in [0.717, 1.165) is 5.69 Å². The Labute approximate surface area is 159 Å². The number of anilines is 2. The second-order valence-electron chi connectivity index (χ2n) is 6.94. The summed E-state index contributed by atoms with van der Waals surface area (Å²) in [5, 5.41) is 2.80. The Bertz CT molecular complexity index is 820. The van der Waals surface area contributed by atoms with Crippen LogP contribution in [-0.2, 0) is 9.59 Å². The fourth-order valence-electron chi connectivity index (χ4n) is 2.90. The van der Waals surface area contributed by atoms with Gasteiger partial charge in [-0.15, -0.1) is 0 Å². The largest absolute Gasteiger partial charge is 0.484 e. The Morgan fingerprint density at radius 1 is 1.22 bits per heavy atom. The molecule has 1 aliphatic rings. The lowest BCUT2D eigenvalue weighted by Gasteiger charge is -2.34. The van der Waals surface area contributed by atoms with Crippen LogP contribution in [0.5, 0.6) is 11.5 Å². The minimum atomic E-state index is -0.552. The molecular formula is C21H24N2O4. The summed E-state index contributed by atoms with van der Waals surface area (Å²) in [4.78, 5) is 26.3. The fourth-order valence-corrected chi connectivity index (χ4v) is 2.90. The molecule has 2 amide bonds.